The van der Waals surface area contributed by atoms with Crippen molar-refractivity contribution in [2.45, 2.75) is 38.8 Å². The van der Waals surface area contributed by atoms with Gasteiger partial charge in [-0.15, -0.1) is 0 Å². The number of nitrogens with one attached hydrogen (secondary N) is 1. The SMILES string of the molecule is C[Si](C)(C)CCOCn1c(C(=O)O)c(C(=C2CCNC2=O)c2ccccc2)c2c(Cl)cc(Cl)cc21. The predicted molar refractivity (Wildman–Crippen MR) is 143 cm³/mol. The van der Waals surface area contributed by atoms with Gasteiger partial charge in [-0.25, -0.2) is 4.79 Å². The molecule has 2 heterocycles. The number of amides is 1. The highest BCUT2D eigenvalue weighted by Crippen LogP contribution is 2.42. The van der Waals surface area contributed by atoms with Crippen LogP contribution in [0.3, 0.4) is 0 Å². The van der Waals surface area contributed by atoms with E-state index in [1.54, 1.807) is 16.7 Å². The Morgan fingerprint density at radius 1 is 1.17 bits per heavy atom. The average molecular weight is 532 g/mol. The molecule has 9 heteroatoms. The van der Waals surface area contributed by atoms with Gasteiger partial charge >= 0.3 is 5.97 Å². The van der Waals surface area contributed by atoms with E-state index in [4.69, 9.17) is 27.9 Å². The summed E-state index contributed by atoms with van der Waals surface area (Å²) in [5.41, 5.74) is 2.81. The fraction of sp³-hybridized carbons (Fsp3) is 0.308. The van der Waals surface area contributed by atoms with Gasteiger partial charge in [0.2, 0.25) is 5.91 Å². The van der Waals surface area contributed by atoms with Crippen molar-refractivity contribution < 1.29 is 19.4 Å². The number of carboxylic acids is 1. The molecule has 0 radical (unpaired) electrons. The fourth-order valence-corrected chi connectivity index (χ4v) is 5.70. The number of fused-ring (bicyclic) bond motifs is 1. The Labute approximate surface area is 215 Å². The maximum atomic E-state index is 12.8. The number of aromatic nitrogens is 1. The van der Waals surface area contributed by atoms with Crippen LogP contribution in [-0.2, 0) is 16.3 Å². The summed E-state index contributed by atoms with van der Waals surface area (Å²) in [5.74, 6) is -1.35. The minimum absolute atomic E-state index is 0.0169. The third kappa shape index (κ3) is 5.33. The van der Waals surface area contributed by atoms with E-state index in [1.165, 1.54) is 0 Å². The van der Waals surface area contributed by atoms with E-state index in [0.29, 0.717) is 57.2 Å². The summed E-state index contributed by atoms with van der Waals surface area (Å²) >= 11 is 13.1. The van der Waals surface area contributed by atoms with Crippen molar-refractivity contribution in [3.63, 3.8) is 0 Å². The number of rotatable bonds is 8. The number of carboxylic acid groups (broad SMARTS) is 1. The lowest BCUT2D eigenvalue weighted by Crippen LogP contribution is -2.22. The first kappa shape index (κ1) is 25.5. The molecule has 0 aliphatic carbocycles. The van der Waals surface area contributed by atoms with Crippen LogP contribution in [0.5, 0.6) is 0 Å². The van der Waals surface area contributed by atoms with E-state index in [0.717, 1.165) is 11.6 Å². The van der Waals surface area contributed by atoms with Crippen LogP contribution in [-0.4, -0.2) is 42.8 Å². The molecule has 0 spiro atoms. The van der Waals surface area contributed by atoms with Gasteiger partial charge in [-0.3, -0.25) is 4.79 Å². The van der Waals surface area contributed by atoms with Gasteiger partial charge in [0.15, 0.2) is 0 Å². The largest absolute Gasteiger partial charge is 0.477 e. The second-order valence-corrected chi connectivity index (χ2v) is 16.3. The van der Waals surface area contributed by atoms with Gasteiger partial charge < -0.3 is 19.7 Å². The van der Waals surface area contributed by atoms with E-state index in [-0.39, 0.29) is 18.3 Å². The molecule has 1 aliphatic rings. The fourth-order valence-electron chi connectivity index (χ4n) is 4.36. The summed E-state index contributed by atoms with van der Waals surface area (Å²) in [7, 11) is -1.33. The summed E-state index contributed by atoms with van der Waals surface area (Å²) in [5, 5.41) is 14.5. The highest BCUT2D eigenvalue weighted by molar-refractivity contribution is 6.76. The van der Waals surface area contributed by atoms with E-state index in [2.05, 4.69) is 25.0 Å². The average Bonchev–Trinajstić information content (AvgIpc) is 3.33. The Morgan fingerprint density at radius 2 is 1.89 bits per heavy atom. The molecule has 184 valence electrons. The third-order valence-corrected chi connectivity index (χ3v) is 8.27. The van der Waals surface area contributed by atoms with Crippen LogP contribution in [0.2, 0.25) is 35.7 Å². The molecular weight excluding hydrogens is 503 g/mol. The van der Waals surface area contributed by atoms with Crippen molar-refractivity contribution >= 4 is 59.6 Å². The Bertz CT molecular complexity index is 1330. The highest BCUT2D eigenvalue weighted by Gasteiger charge is 2.32. The minimum atomic E-state index is -1.33. The van der Waals surface area contributed by atoms with Crippen LogP contribution in [0.1, 0.15) is 28.0 Å². The Morgan fingerprint density at radius 3 is 2.49 bits per heavy atom. The first-order chi connectivity index (χ1) is 16.6. The molecule has 2 N–H and O–H groups in total. The van der Waals surface area contributed by atoms with Crippen LogP contribution < -0.4 is 5.32 Å². The first-order valence-corrected chi connectivity index (χ1v) is 15.9. The van der Waals surface area contributed by atoms with Crippen molar-refractivity contribution in [1.29, 1.82) is 0 Å². The molecule has 1 aliphatic heterocycles. The summed E-state index contributed by atoms with van der Waals surface area (Å²) in [6.07, 6.45) is 0.479. The maximum absolute atomic E-state index is 12.8. The van der Waals surface area contributed by atoms with Gasteiger partial charge in [0.05, 0.1) is 10.5 Å². The standard InChI is InChI=1S/C26H28Cl2N2O4Si/c1-35(2,3)12-11-34-15-30-20-14-17(27)13-19(28)22(20)23(24(30)26(32)33)21(16-7-5-4-6-8-16)18-9-10-29-25(18)31/h4-8,13-14H,9-12,15H2,1-3H3,(H,29,31)(H,32,33). The van der Waals surface area contributed by atoms with Crippen molar-refractivity contribution in [3.05, 3.63) is 74.9 Å². The van der Waals surface area contributed by atoms with E-state index in [1.807, 2.05) is 30.3 Å². The summed E-state index contributed by atoms with van der Waals surface area (Å²) in [6.45, 7) is 7.81. The number of hydrogen-bond donors (Lipinski definition) is 2. The normalized spacial score (nSPS) is 15.5. The van der Waals surface area contributed by atoms with Gasteiger partial charge in [-0.2, -0.15) is 0 Å². The quantitative estimate of drug-likeness (QED) is 0.204. The molecule has 1 aromatic heterocycles. The molecule has 0 unspecified atom stereocenters. The third-order valence-electron chi connectivity index (χ3n) is 6.05. The van der Waals surface area contributed by atoms with Crippen LogP contribution in [0.15, 0.2) is 48.0 Å². The molecule has 0 saturated carbocycles. The minimum Gasteiger partial charge on any atom is -0.477 e. The molecule has 2 aromatic carbocycles. The number of carbonyl (C=O) groups is 2. The lowest BCUT2D eigenvalue weighted by molar-refractivity contribution is -0.116. The first-order valence-electron chi connectivity index (χ1n) is 11.5. The summed E-state index contributed by atoms with van der Waals surface area (Å²) in [6, 6.07) is 13.6. The molecule has 6 nitrogen and oxygen atoms in total. The molecule has 1 fully saturated rings. The molecule has 3 aromatic rings. The molecular formula is C26H28Cl2N2O4Si. The number of carbonyl (C=O) groups excluding carboxylic acids is 1. The van der Waals surface area contributed by atoms with E-state index in [9.17, 15) is 14.7 Å². The molecule has 35 heavy (non-hydrogen) atoms. The monoisotopic (exact) mass is 530 g/mol. The van der Waals surface area contributed by atoms with Crippen LogP contribution in [0, 0.1) is 0 Å². The number of benzene rings is 2. The number of ether oxygens (including phenoxy) is 1. The van der Waals surface area contributed by atoms with Gasteiger partial charge in [-0.05, 0) is 30.2 Å². The highest BCUT2D eigenvalue weighted by atomic mass is 35.5. The topological polar surface area (TPSA) is 80.6 Å². The van der Waals surface area contributed by atoms with Crippen molar-refractivity contribution in [1.82, 2.24) is 9.88 Å². The summed E-state index contributed by atoms with van der Waals surface area (Å²) < 4.78 is 7.58. The second kappa shape index (κ2) is 10.2. The molecule has 1 amide bonds. The second-order valence-electron chi connectivity index (χ2n) is 9.81. The number of halogens is 2. The zero-order valence-corrected chi connectivity index (χ0v) is 22.5. The molecule has 1 saturated heterocycles. The molecule has 0 bridgehead atoms. The van der Waals surface area contributed by atoms with Crippen molar-refractivity contribution in [2.24, 2.45) is 0 Å². The maximum Gasteiger partial charge on any atom is 0.353 e. The van der Waals surface area contributed by atoms with Crippen molar-refractivity contribution in [3.8, 4) is 0 Å². The predicted octanol–water partition coefficient (Wildman–Crippen LogP) is 6.28. The van der Waals surface area contributed by atoms with Crippen LogP contribution in [0.4, 0.5) is 0 Å². The summed E-state index contributed by atoms with van der Waals surface area (Å²) in [4.78, 5) is 25.6. The number of aromatic carboxylic acids is 1. The number of hydrogen-bond acceptors (Lipinski definition) is 3. The zero-order chi connectivity index (χ0) is 25.3. The Kier molecular flexibility index (Phi) is 7.42. The van der Waals surface area contributed by atoms with Gasteiger partial charge in [0, 0.05) is 48.3 Å². The Hall–Kier alpha value is -2.58. The molecule has 4 rings (SSSR count). The lowest BCUT2D eigenvalue weighted by Gasteiger charge is -2.17. The zero-order valence-electron chi connectivity index (χ0n) is 20.0. The van der Waals surface area contributed by atoms with Gasteiger partial charge in [-0.1, -0.05) is 73.2 Å². The van der Waals surface area contributed by atoms with Gasteiger partial charge in [0.1, 0.15) is 12.4 Å². The Balaban J connectivity index is 2.01. The van der Waals surface area contributed by atoms with E-state index >= 15 is 0 Å². The van der Waals surface area contributed by atoms with E-state index < -0.39 is 14.0 Å². The smallest absolute Gasteiger partial charge is 0.353 e. The molecule has 0 atom stereocenters. The van der Waals surface area contributed by atoms with Crippen LogP contribution >= 0.6 is 23.2 Å². The van der Waals surface area contributed by atoms with Gasteiger partial charge in [0.25, 0.3) is 0 Å². The van der Waals surface area contributed by atoms with Crippen molar-refractivity contribution in [2.75, 3.05) is 13.2 Å². The number of nitrogens with zero attached hydrogens (tertiary/aromatic N) is 1. The van der Waals surface area contributed by atoms with Crippen LogP contribution in [0.25, 0.3) is 16.5 Å². The lowest BCUT2D eigenvalue weighted by atomic mass is 9.90.